The average Bonchev–Trinajstić information content (AvgIpc) is 2.63. The van der Waals surface area contributed by atoms with E-state index in [2.05, 4.69) is 24.0 Å². The summed E-state index contributed by atoms with van der Waals surface area (Å²) >= 11 is 0. The summed E-state index contributed by atoms with van der Waals surface area (Å²) in [6.45, 7) is 6.99. The highest BCUT2D eigenvalue weighted by atomic mass is 16.5. The van der Waals surface area contributed by atoms with Crippen LogP contribution in [0.5, 0.6) is 0 Å². The van der Waals surface area contributed by atoms with Gasteiger partial charge in [0.2, 0.25) is 0 Å². The Hall–Kier alpha value is -1.61. The SMILES string of the molecule is CCOC(=O)C1(c2ccccc2)C=CC(N2CCC(C)CC2)CC1. The molecule has 2 atom stereocenters. The third kappa shape index (κ3) is 3.41. The van der Waals surface area contributed by atoms with Gasteiger partial charge < -0.3 is 4.74 Å². The van der Waals surface area contributed by atoms with Crippen molar-refractivity contribution in [1.82, 2.24) is 4.90 Å². The van der Waals surface area contributed by atoms with Crippen molar-refractivity contribution in [1.29, 1.82) is 0 Å². The van der Waals surface area contributed by atoms with Crippen LogP contribution in [0.25, 0.3) is 0 Å². The topological polar surface area (TPSA) is 29.5 Å². The molecule has 24 heavy (non-hydrogen) atoms. The molecular weight excluding hydrogens is 298 g/mol. The molecule has 1 fully saturated rings. The molecule has 0 N–H and O–H groups in total. The van der Waals surface area contributed by atoms with Gasteiger partial charge in [-0.15, -0.1) is 0 Å². The highest BCUT2D eigenvalue weighted by Crippen LogP contribution is 2.38. The summed E-state index contributed by atoms with van der Waals surface area (Å²) in [5.74, 6) is 0.731. The van der Waals surface area contributed by atoms with E-state index in [0.717, 1.165) is 24.3 Å². The molecule has 1 aromatic rings. The minimum Gasteiger partial charge on any atom is -0.465 e. The molecule has 3 rings (SSSR count). The first kappa shape index (κ1) is 17.2. The van der Waals surface area contributed by atoms with Crippen molar-refractivity contribution in [3.05, 3.63) is 48.0 Å². The van der Waals surface area contributed by atoms with Gasteiger partial charge in [0.25, 0.3) is 0 Å². The number of rotatable bonds is 4. The minimum atomic E-state index is -0.614. The van der Waals surface area contributed by atoms with Gasteiger partial charge in [-0.1, -0.05) is 49.4 Å². The van der Waals surface area contributed by atoms with Crippen LogP contribution in [0.15, 0.2) is 42.5 Å². The highest BCUT2D eigenvalue weighted by Gasteiger charge is 2.42. The largest absolute Gasteiger partial charge is 0.465 e. The summed E-state index contributed by atoms with van der Waals surface area (Å²) in [5, 5.41) is 0. The maximum atomic E-state index is 12.8. The van der Waals surface area contributed by atoms with E-state index in [1.807, 2.05) is 37.3 Å². The van der Waals surface area contributed by atoms with Crippen LogP contribution < -0.4 is 0 Å². The van der Waals surface area contributed by atoms with Crippen LogP contribution >= 0.6 is 0 Å². The van der Waals surface area contributed by atoms with E-state index >= 15 is 0 Å². The van der Waals surface area contributed by atoms with Crippen LogP contribution in [0, 0.1) is 5.92 Å². The first-order chi connectivity index (χ1) is 11.7. The lowest BCUT2D eigenvalue weighted by Gasteiger charge is -2.40. The summed E-state index contributed by atoms with van der Waals surface area (Å²) in [7, 11) is 0. The molecule has 2 aliphatic rings. The molecule has 1 aromatic carbocycles. The Bertz CT molecular complexity index is 575. The van der Waals surface area contributed by atoms with Crippen LogP contribution in [0.3, 0.4) is 0 Å². The van der Waals surface area contributed by atoms with Crippen LogP contribution in [-0.2, 0) is 14.9 Å². The van der Waals surface area contributed by atoms with Gasteiger partial charge in [0.05, 0.1) is 6.61 Å². The predicted molar refractivity (Wildman–Crippen MR) is 96.9 cm³/mol. The quantitative estimate of drug-likeness (QED) is 0.620. The minimum absolute atomic E-state index is 0.113. The number of esters is 1. The smallest absolute Gasteiger partial charge is 0.320 e. The van der Waals surface area contributed by atoms with Crippen LogP contribution in [0.4, 0.5) is 0 Å². The molecule has 0 bridgehead atoms. The number of likely N-dealkylation sites (tertiary alicyclic amines) is 1. The lowest BCUT2D eigenvalue weighted by Crippen LogP contribution is -2.45. The van der Waals surface area contributed by atoms with Crippen LogP contribution in [-0.4, -0.2) is 36.6 Å². The summed E-state index contributed by atoms with van der Waals surface area (Å²) in [6.07, 6.45) is 8.77. The number of hydrogen-bond acceptors (Lipinski definition) is 3. The maximum absolute atomic E-state index is 12.8. The van der Waals surface area contributed by atoms with Gasteiger partial charge in [0.1, 0.15) is 5.41 Å². The second-order valence-electron chi connectivity index (χ2n) is 7.24. The average molecular weight is 327 g/mol. The molecule has 0 saturated carbocycles. The molecule has 1 heterocycles. The molecular formula is C21H29NO2. The molecule has 1 saturated heterocycles. The zero-order valence-electron chi connectivity index (χ0n) is 14.9. The number of carbonyl (C=O) groups is 1. The summed E-state index contributed by atoms with van der Waals surface area (Å²) in [4.78, 5) is 15.3. The Morgan fingerprint density at radius 1 is 1.21 bits per heavy atom. The Morgan fingerprint density at radius 3 is 2.50 bits per heavy atom. The molecule has 1 aliphatic carbocycles. The predicted octanol–water partition coefficient (Wildman–Crippen LogP) is 3.94. The van der Waals surface area contributed by atoms with Crippen LogP contribution in [0.2, 0.25) is 0 Å². The molecule has 130 valence electrons. The standard InChI is InChI=1S/C21H29NO2/c1-3-24-20(23)21(18-7-5-4-6-8-18)13-9-19(10-14-21)22-15-11-17(2)12-16-22/h4-9,13,17,19H,3,10-12,14-16H2,1-2H3. The maximum Gasteiger partial charge on any atom is 0.320 e. The number of piperidine rings is 1. The van der Waals surface area contributed by atoms with Crippen LogP contribution in [0.1, 0.15) is 45.1 Å². The Balaban J connectivity index is 1.81. The van der Waals surface area contributed by atoms with Gasteiger partial charge in [0, 0.05) is 6.04 Å². The normalized spacial score (nSPS) is 28.7. The third-order valence-electron chi connectivity index (χ3n) is 5.65. The molecule has 0 spiro atoms. The van der Waals surface area contributed by atoms with Gasteiger partial charge in [0.15, 0.2) is 0 Å². The van der Waals surface area contributed by atoms with Gasteiger partial charge in [-0.3, -0.25) is 9.69 Å². The highest BCUT2D eigenvalue weighted by molar-refractivity contribution is 5.86. The fourth-order valence-corrected chi connectivity index (χ4v) is 4.02. The fraction of sp³-hybridized carbons (Fsp3) is 0.571. The van der Waals surface area contributed by atoms with Gasteiger partial charge in [-0.2, -0.15) is 0 Å². The monoisotopic (exact) mass is 327 g/mol. The van der Waals surface area contributed by atoms with Crippen molar-refractivity contribution in [2.45, 2.75) is 51.0 Å². The van der Waals surface area contributed by atoms with E-state index in [0.29, 0.717) is 12.6 Å². The van der Waals surface area contributed by atoms with E-state index in [4.69, 9.17) is 4.74 Å². The Labute approximate surface area is 145 Å². The zero-order chi connectivity index (χ0) is 17.0. The molecule has 3 nitrogen and oxygen atoms in total. The van der Waals surface area contributed by atoms with Crippen molar-refractivity contribution < 1.29 is 9.53 Å². The van der Waals surface area contributed by atoms with E-state index < -0.39 is 5.41 Å². The van der Waals surface area contributed by atoms with Crippen molar-refractivity contribution in [2.24, 2.45) is 5.92 Å². The molecule has 0 aromatic heterocycles. The van der Waals surface area contributed by atoms with E-state index in [-0.39, 0.29) is 5.97 Å². The lowest BCUT2D eigenvalue weighted by molar-refractivity contribution is -0.148. The summed E-state index contributed by atoms with van der Waals surface area (Å²) < 4.78 is 5.43. The van der Waals surface area contributed by atoms with Crippen molar-refractivity contribution >= 4 is 5.97 Å². The molecule has 1 aliphatic heterocycles. The van der Waals surface area contributed by atoms with E-state index in [1.165, 1.54) is 25.9 Å². The van der Waals surface area contributed by atoms with Gasteiger partial charge in [-0.05, 0) is 57.2 Å². The number of nitrogens with zero attached hydrogens (tertiary/aromatic N) is 1. The summed E-state index contributed by atoms with van der Waals surface area (Å²) in [5.41, 5.74) is 0.432. The van der Waals surface area contributed by atoms with E-state index in [1.54, 1.807) is 0 Å². The summed E-state index contributed by atoms with van der Waals surface area (Å²) in [6, 6.07) is 10.6. The van der Waals surface area contributed by atoms with Crippen molar-refractivity contribution in [3.63, 3.8) is 0 Å². The molecule has 2 unspecified atom stereocenters. The number of carbonyl (C=O) groups excluding carboxylic acids is 1. The second-order valence-corrected chi connectivity index (χ2v) is 7.24. The Kier molecular flexibility index (Phi) is 5.40. The van der Waals surface area contributed by atoms with E-state index in [9.17, 15) is 4.79 Å². The second kappa shape index (κ2) is 7.52. The fourth-order valence-electron chi connectivity index (χ4n) is 4.02. The number of benzene rings is 1. The van der Waals surface area contributed by atoms with Crippen molar-refractivity contribution in [2.75, 3.05) is 19.7 Å². The zero-order valence-corrected chi connectivity index (χ0v) is 14.9. The first-order valence-corrected chi connectivity index (χ1v) is 9.32. The lowest BCUT2D eigenvalue weighted by atomic mass is 9.72. The first-order valence-electron chi connectivity index (χ1n) is 9.32. The molecule has 0 amide bonds. The van der Waals surface area contributed by atoms with Crippen molar-refractivity contribution in [3.8, 4) is 0 Å². The molecule has 0 radical (unpaired) electrons. The number of hydrogen-bond donors (Lipinski definition) is 0. The van der Waals surface area contributed by atoms with Gasteiger partial charge >= 0.3 is 5.97 Å². The Morgan fingerprint density at radius 2 is 1.92 bits per heavy atom. The number of ether oxygens (including phenoxy) is 1. The molecule has 3 heteroatoms. The van der Waals surface area contributed by atoms with Gasteiger partial charge in [-0.25, -0.2) is 0 Å². The third-order valence-corrected chi connectivity index (χ3v) is 5.65.